The first-order valence-electron chi connectivity index (χ1n) is 5.70. The monoisotopic (exact) mass is 321 g/mol. The molecule has 0 saturated carbocycles. The molecule has 0 spiro atoms. The Kier molecular flexibility index (Phi) is 4.29. The predicted molar refractivity (Wildman–Crippen MR) is 77.1 cm³/mol. The molecular formula is C14H12BrNO3. The Balaban J connectivity index is 2.76. The number of hydrogen-bond donors (Lipinski definition) is 1. The van der Waals surface area contributed by atoms with Crippen molar-refractivity contribution in [2.75, 3.05) is 0 Å². The first-order chi connectivity index (χ1) is 9.19. The summed E-state index contributed by atoms with van der Waals surface area (Å²) in [7, 11) is 0. The van der Waals surface area contributed by atoms with Crippen LogP contribution in [0.15, 0.2) is 42.5 Å². The maximum atomic E-state index is 11.2. The number of halogens is 1. The molecule has 0 aliphatic rings. The fourth-order valence-electron chi connectivity index (χ4n) is 2.06. The van der Waals surface area contributed by atoms with Crippen molar-refractivity contribution in [3.8, 4) is 11.1 Å². The molecule has 4 nitrogen and oxygen atoms in total. The fraction of sp³-hybridized carbons (Fsp3) is 0.143. The molecule has 0 bridgehead atoms. The van der Waals surface area contributed by atoms with E-state index in [1.807, 2.05) is 12.1 Å². The Morgan fingerprint density at radius 2 is 1.79 bits per heavy atom. The van der Waals surface area contributed by atoms with E-state index in [2.05, 4.69) is 15.9 Å². The van der Waals surface area contributed by atoms with Crippen molar-refractivity contribution in [3.05, 3.63) is 63.7 Å². The second kappa shape index (κ2) is 5.95. The lowest BCUT2D eigenvalue weighted by Gasteiger charge is -2.11. The number of aliphatic hydroxyl groups excluding tert-OH is 1. The quantitative estimate of drug-likeness (QED) is 0.531. The normalized spacial score (nSPS) is 10.4. The van der Waals surface area contributed by atoms with Crippen molar-refractivity contribution >= 4 is 21.6 Å². The van der Waals surface area contributed by atoms with Crippen LogP contribution in [-0.4, -0.2) is 10.0 Å². The van der Waals surface area contributed by atoms with Crippen LogP contribution in [0.25, 0.3) is 11.1 Å². The summed E-state index contributed by atoms with van der Waals surface area (Å²) >= 11 is 3.35. The topological polar surface area (TPSA) is 63.4 Å². The smallest absolute Gasteiger partial charge is 0.277 e. The molecule has 0 aliphatic carbocycles. The van der Waals surface area contributed by atoms with Crippen LogP contribution in [0.5, 0.6) is 0 Å². The molecule has 0 aliphatic heterocycles. The first kappa shape index (κ1) is 13.7. The molecule has 0 atom stereocenters. The van der Waals surface area contributed by atoms with E-state index in [0.29, 0.717) is 22.0 Å². The zero-order valence-electron chi connectivity index (χ0n) is 10.0. The molecular weight excluding hydrogens is 310 g/mol. The van der Waals surface area contributed by atoms with E-state index >= 15 is 0 Å². The maximum Gasteiger partial charge on any atom is 0.277 e. The highest BCUT2D eigenvalue weighted by Gasteiger charge is 2.20. The Morgan fingerprint density at radius 1 is 1.11 bits per heavy atom. The summed E-state index contributed by atoms with van der Waals surface area (Å²) in [6.07, 6.45) is 0. The van der Waals surface area contributed by atoms with Gasteiger partial charge in [0.05, 0.1) is 17.1 Å². The van der Waals surface area contributed by atoms with Gasteiger partial charge in [-0.1, -0.05) is 52.3 Å². The summed E-state index contributed by atoms with van der Waals surface area (Å²) in [4.78, 5) is 10.8. The van der Waals surface area contributed by atoms with Crippen molar-refractivity contribution in [1.82, 2.24) is 0 Å². The number of rotatable bonds is 4. The van der Waals surface area contributed by atoms with Crippen molar-refractivity contribution in [2.45, 2.75) is 11.9 Å². The van der Waals surface area contributed by atoms with Crippen molar-refractivity contribution in [2.24, 2.45) is 0 Å². The van der Waals surface area contributed by atoms with Crippen LogP contribution in [-0.2, 0) is 11.9 Å². The van der Waals surface area contributed by atoms with Gasteiger partial charge in [0.25, 0.3) is 5.69 Å². The van der Waals surface area contributed by atoms with Gasteiger partial charge in [-0.3, -0.25) is 10.1 Å². The van der Waals surface area contributed by atoms with E-state index in [1.54, 1.807) is 24.3 Å². The second-order valence-electron chi connectivity index (χ2n) is 4.02. The Bertz CT molecular complexity index is 613. The molecule has 2 aromatic carbocycles. The molecule has 0 aromatic heterocycles. The molecule has 2 aromatic rings. The zero-order chi connectivity index (χ0) is 13.8. The van der Waals surface area contributed by atoms with Gasteiger partial charge in [0, 0.05) is 11.4 Å². The van der Waals surface area contributed by atoms with Gasteiger partial charge in [-0.2, -0.15) is 0 Å². The van der Waals surface area contributed by atoms with Gasteiger partial charge >= 0.3 is 0 Å². The van der Waals surface area contributed by atoms with Gasteiger partial charge in [-0.05, 0) is 16.7 Å². The van der Waals surface area contributed by atoms with Gasteiger partial charge in [-0.15, -0.1) is 0 Å². The minimum absolute atomic E-state index is 0.0536. The van der Waals surface area contributed by atoms with E-state index in [9.17, 15) is 15.2 Å². The third-order valence-electron chi connectivity index (χ3n) is 2.93. The lowest BCUT2D eigenvalue weighted by Crippen LogP contribution is -1.98. The third kappa shape index (κ3) is 2.67. The third-order valence-corrected chi connectivity index (χ3v) is 3.53. The van der Waals surface area contributed by atoms with Crippen LogP contribution in [0.3, 0.4) is 0 Å². The van der Waals surface area contributed by atoms with Crippen LogP contribution in [0.1, 0.15) is 11.1 Å². The van der Waals surface area contributed by atoms with Gasteiger partial charge < -0.3 is 5.11 Å². The molecule has 0 radical (unpaired) electrons. The molecule has 0 unspecified atom stereocenters. The number of nitro groups is 1. The standard InChI is InChI=1S/C14H12BrNO3/c15-8-10-5-3-7-13(16(18)19)14(10)12-6-2-1-4-11(12)9-17/h1-7,17H,8-9H2. The van der Waals surface area contributed by atoms with Crippen LogP contribution >= 0.6 is 15.9 Å². The fourth-order valence-corrected chi connectivity index (χ4v) is 2.53. The van der Waals surface area contributed by atoms with E-state index < -0.39 is 4.92 Å². The number of benzene rings is 2. The number of nitrogens with zero attached hydrogens (tertiary/aromatic N) is 1. The van der Waals surface area contributed by atoms with E-state index in [-0.39, 0.29) is 12.3 Å². The Hall–Kier alpha value is -1.72. The van der Waals surface area contributed by atoms with E-state index in [1.165, 1.54) is 6.07 Å². The number of aliphatic hydroxyl groups is 1. The average molecular weight is 322 g/mol. The van der Waals surface area contributed by atoms with Crippen LogP contribution in [0.4, 0.5) is 5.69 Å². The molecule has 1 N–H and O–H groups in total. The van der Waals surface area contributed by atoms with Crippen molar-refractivity contribution in [1.29, 1.82) is 0 Å². The maximum absolute atomic E-state index is 11.2. The number of hydrogen-bond acceptors (Lipinski definition) is 3. The molecule has 19 heavy (non-hydrogen) atoms. The molecule has 2 rings (SSSR count). The summed E-state index contributed by atoms with van der Waals surface area (Å²) in [6, 6.07) is 12.2. The molecule has 0 amide bonds. The average Bonchev–Trinajstić information content (AvgIpc) is 2.46. The summed E-state index contributed by atoms with van der Waals surface area (Å²) in [5, 5.41) is 21.1. The molecule has 0 heterocycles. The zero-order valence-corrected chi connectivity index (χ0v) is 11.6. The molecule has 0 saturated heterocycles. The molecule has 98 valence electrons. The molecule has 0 fully saturated rings. The summed E-state index contributed by atoms with van der Waals surface area (Å²) in [6.45, 7) is -0.149. The SMILES string of the molecule is O=[N+]([O-])c1cccc(CBr)c1-c1ccccc1CO. The van der Waals surface area contributed by atoms with Crippen LogP contribution in [0, 0.1) is 10.1 Å². The largest absolute Gasteiger partial charge is 0.392 e. The predicted octanol–water partition coefficient (Wildman–Crippen LogP) is 3.65. The minimum Gasteiger partial charge on any atom is -0.392 e. The van der Waals surface area contributed by atoms with Gasteiger partial charge in [-0.25, -0.2) is 0 Å². The first-order valence-corrected chi connectivity index (χ1v) is 6.82. The van der Waals surface area contributed by atoms with Crippen molar-refractivity contribution < 1.29 is 10.0 Å². The Morgan fingerprint density at radius 3 is 2.42 bits per heavy atom. The highest BCUT2D eigenvalue weighted by atomic mass is 79.9. The molecule has 5 heteroatoms. The van der Waals surface area contributed by atoms with Crippen molar-refractivity contribution in [3.63, 3.8) is 0 Å². The lowest BCUT2D eigenvalue weighted by molar-refractivity contribution is -0.384. The van der Waals surface area contributed by atoms with Crippen LogP contribution < -0.4 is 0 Å². The van der Waals surface area contributed by atoms with Gasteiger partial charge in [0.2, 0.25) is 0 Å². The Labute approximate surface area is 119 Å². The number of alkyl halides is 1. The highest BCUT2D eigenvalue weighted by Crippen LogP contribution is 2.36. The van der Waals surface area contributed by atoms with Gasteiger partial charge in [0.15, 0.2) is 0 Å². The highest BCUT2D eigenvalue weighted by molar-refractivity contribution is 9.08. The number of nitro benzene ring substituents is 1. The second-order valence-corrected chi connectivity index (χ2v) is 4.58. The lowest BCUT2D eigenvalue weighted by atomic mass is 9.95. The van der Waals surface area contributed by atoms with E-state index in [4.69, 9.17) is 0 Å². The van der Waals surface area contributed by atoms with Gasteiger partial charge in [0.1, 0.15) is 0 Å². The summed E-state index contributed by atoms with van der Waals surface area (Å²) < 4.78 is 0. The minimum atomic E-state index is -0.393. The summed E-state index contributed by atoms with van der Waals surface area (Å²) in [5.74, 6) is 0. The summed E-state index contributed by atoms with van der Waals surface area (Å²) in [5.41, 5.74) is 2.83. The van der Waals surface area contributed by atoms with E-state index in [0.717, 1.165) is 5.56 Å². The van der Waals surface area contributed by atoms with Crippen LogP contribution in [0.2, 0.25) is 0 Å².